The van der Waals surface area contributed by atoms with Crippen LogP contribution in [0.3, 0.4) is 0 Å². The number of thioether (sulfide) groups is 1. The van der Waals surface area contributed by atoms with Crippen molar-refractivity contribution < 1.29 is 4.39 Å². The predicted molar refractivity (Wildman–Crippen MR) is 83.1 cm³/mol. The first-order valence-electron chi connectivity index (χ1n) is 7.15. The standard InChI is InChI=1S/C16H26FNS/c1-5-13(4)11-19-16-14(7-6-8-15(16)17)10-18-9-12(2)3/h6-8,12-13,18H,5,9-11H2,1-4H3. The first-order valence-corrected chi connectivity index (χ1v) is 8.14. The van der Waals surface area contributed by atoms with Gasteiger partial charge in [-0.15, -0.1) is 11.8 Å². The quantitative estimate of drug-likeness (QED) is 0.693. The molecule has 0 spiro atoms. The summed E-state index contributed by atoms with van der Waals surface area (Å²) < 4.78 is 13.9. The molecule has 0 aromatic heterocycles. The van der Waals surface area contributed by atoms with Crippen molar-refractivity contribution in [3.8, 4) is 0 Å². The van der Waals surface area contributed by atoms with Crippen LogP contribution in [0, 0.1) is 17.7 Å². The Kier molecular flexibility index (Phi) is 7.47. The third-order valence-electron chi connectivity index (χ3n) is 3.13. The Labute approximate surface area is 121 Å². The van der Waals surface area contributed by atoms with Crippen molar-refractivity contribution in [2.24, 2.45) is 11.8 Å². The lowest BCUT2D eigenvalue weighted by atomic mass is 10.2. The van der Waals surface area contributed by atoms with E-state index in [1.165, 1.54) is 0 Å². The van der Waals surface area contributed by atoms with E-state index in [-0.39, 0.29) is 5.82 Å². The third-order valence-corrected chi connectivity index (χ3v) is 4.61. The van der Waals surface area contributed by atoms with Crippen LogP contribution in [-0.4, -0.2) is 12.3 Å². The van der Waals surface area contributed by atoms with Gasteiger partial charge in [0.25, 0.3) is 0 Å². The molecule has 0 fully saturated rings. The van der Waals surface area contributed by atoms with Gasteiger partial charge in [0.05, 0.1) is 0 Å². The van der Waals surface area contributed by atoms with Gasteiger partial charge in [0.1, 0.15) is 5.82 Å². The van der Waals surface area contributed by atoms with E-state index in [0.717, 1.165) is 35.7 Å². The van der Waals surface area contributed by atoms with E-state index < -0.39 is 0 Å². The van der Waals surface area contributed by atoms with Crippen molar-refractivity contribution in [1.29, 1.82) is 0 Å². The van der Waals surface area contributed by atoms with Gasteiger partial charge in [-0.3, -0.25) is 0 Å². The fraction of sp³-hybridized carbons (Fsp3) is 0.625. The molecule has 1 atom stereocenters. The molecule has 1 unspecified atom stereocenters. The minimum Gasteiger partial charge on any atom is -0.312 e. The van der Waals surface area contributed by atoms with E-state index in [0.29, 0.717) is 11.8 Å². The zero-order valence-corrected chi connectivity index (χ0v) is 13.3. The average molecular weight is 283 g/mol. The Morgan fingerprint density at radius 2 is 2.00 bits per heavy atom. The number of hydrogen-bond donors (Lipinski definition) is 1. The third kappa shape index (κ3) is 5.96. The monoisotopic (exact) mass is 283 g/mol. The summed E-state index contributed by atoms with van der Waals surface area (Å²) in [5.41, 5.74) is 1.08. The lowest BCUT2D eigenvalue weighted by Gasteiger charge is -2.14. The Bertz CT molecular complexity index is 379. The molecule has 0 bridgehead atoms. The Morgan fingerprint density at radius 3 is 2.63 bits per heavy atom. The Balaban J connectivity index is 2.66. The molecule has 1 aromatic rings. The topological polar surface area (TPSA) is 12.0 Å². The summed E-state index contributed by atoms with van der Waals surface area (Å²) in [6.45, 7) is 10.5. The van der Waals surface area contributed by atoms with Crippen LogP contribution in [0.4, 0.5) is 4.39 Å². The number of halogens is 1. The Hall–Kier alpha value is -0.540. The molecule has 0 radical (unpaired) electrons. The van der Waals surface area contributed by atoms with Gasteiger partial charge in [0.15, 0.2) is 0 Å². The highest BCUT2D eigenvalue weighted by atomic mass is 32.2. The molecule has 0 amide bonds. The summed E-state index contributed by atoms with van der Waals surface area (Å²) in [5, 5.41) is 3.39. The number of nitrogens with one attached hydrogen (secondary N) is 1. The molecule has 1 N–H and O–H groups in total. The fourth-order valence-corrected chi connectivity index (χ4v) is 2.91. The van der Waals surface area contributed by atoms with Crippen molar-refractivity contribution in [1.82, 2.24) is 5.32 Å². The van der Waals surface area contributed by atoms with Gasteiger partial charge in [0, 0.05) is 17.2 Å². The van der Waals surface area contributed by atoms with Gasteiger partial charge in [0.2, 0.25) is 0 Å². The first-order chi connectivity index (χ1) is 9.04. The highest BCUT2D eigenvalue weighted by molar-refractivity contribution is 7.99. The van der Waals surface area contributed by atoms with Crippen LogP contribution < -0.4 is 5.32 Å². The van der Waals surface area contributed by atoms with E-state index in [1.807, 2.05) is 6.07 Å². The maximum Gasteiger partial charge on any atom is 0.137 e. The molecule has 0 saturated heterocycles. The van der Waals surface area contributed by atoms with Crippen LogP contribution in [0.1, 0.15) is 39.7 Å². The molecule has 3 heteroatoms. The van der Waals surface area contributed by atoms with E-state index in [9.17, 15) is 4.39 Å². The van der Waals surface area contributed by atoms with Crippen molar-refractivity contribution >= 4 is 11.8 Å². The van der Waals surface area contributed by atoms with E-state index in [2.05, 4.69) is 33.0 Å². The minimum absolute atomic E-state index is 0.0860. The van der Waals surface area contributed by atoms with Crippen LogP contribution in [0.5, 0.6) is 0 Å². The summed E-state index contributed by atoms with van der Waals surface area (Å²) >= 11 is 1.65. The lowest BCUT2D eigenvalue weighted by Crippen LogP contribution is -2.19. The van der Waals surface area contributed by atoms with E-state index in [4.69, 9.17) is 0 Å². The second-order valence-electron chi connectivity index (χ2n) is 5.58. The average Bonchev–Trinajstić information content (AvgIpc) is 2.37. The smallest absolute Gasteiger partial charge is 0.137 e. The molecule has 0 aliphatic heterocycles. The first kappa shape index (κ1) is 16.5. The van der Waals surface area contributed by atoms with Crippen LogP contribution in [0.15, 0.2) is 23.1 Å². The molecule has 0 aliphatic rings. The summed E-state index contributed by atoms with van der Waals surface area (Å²) in [4.78, 5) is 0.819. The minimum atomic E-state index is -0.0860. The summed E-state index contributed by atoms with van der Waals surface area (Å²) in [7, 11) is 0. The molecular weight excluding hydrogens is 257 g/mol. The molecule has 0 aliphatic carbocycles. The van der Waals surface area contributed by atoms with E-state index in [1.54, 1.807) is 23.9 Å². The van der Waals surface area contributed by atoms with Gasteiger partial charge in [-0.1, -0.05) is 46.2 Å². The zero-order chi connectivity index (χ0) is 14.3. The zero-order valence-electron chi connectivity index (χ0n) is 12.5. The lowest BCUT2D eigenvalue weighted by molar-refractivity contribution is 0.542. The molecule has 108 valence electrons. The molecule has 19 heavy (non-hydrogen) atoms. The van der Waals surface area contributed by atoms with Crippen molar-refractivity contribution in [2.45, 2.75) is 45.6 Å². The van der Waals surface area contributed by atoms with Crippen LogP contribution in [0.25, 0.3) is 0 Å². The van der Waals surface area contributed by atoms with E-state index >= 15 is 0 Å². The second-order valence-corrected chi connectivity index (χ2v) is 6.61. The van der Waals surface area contributed by atoms with Crippen molar-refractivity contribution in [3.05, 3.63) is 29.6 Å². The van der Waals surface area contributed by atoms with Gasteiger partial charge >= 0.3 is 0 Å². The molecule has 1 nitrogen and oxygen atoms in total. The van der Waals surface area contributed by atoms with Crippen LogP contribution >= 0.6 is 11.8 Å². The molecule has 0 heterocycles. The maximum atomic E-state index is 13.9. The van der Waals surface area contributed by atoms with Crippen molar-refractivity contribution in [3.63, 3.8) is 0 Å². The van der Waals surface area contributed by atoms with Crippen LogP contribution in [0.2, 0.25) is 0 Å². The van der Waals surface area contributed by atoms with Crippen LogP contribution in [-0.2, 0) is 6.54 Å². The molecule has 1 rings (SSSR count). The maximum absolute atomic E-state index is 13.9. The SMILES string of the molecule is CCC(C)CSc1c(F)cccc1CNCC(C)C. The van der Waals surface area contributed by atoms with Gasteiger partial charge < -0.3 is 5.32 Å². The highest BCUT2D eigenvalue weighted by Gasteiger charge is 2.10. The molecular formula is C16H26FNS. The predicted octanol–water partition coefficient (Wildman–Crippen LogP) is 4.71. The van der Waals surface area contributed by atoms with Gasteiger partial charge in [-0.2, -0.15) is 0 Å². The van der Waals surface area contributed by atoms with Gasteiger partial charge in [-0.05, 0) is 30.0 Å². The largest absolute Gasteiger partial charge is 0.312 e. The summed E-state index contributed by atoms with van der Waals surface area (Å²) in [6, 6.07) is 5.38. The second kappa shape index (κ2) is 8.60. The Morgan fingerprint density at radius 1 is 1.26 bits per heavy atom. The number of benzene rings is 1. The molecule has 1 aromatic carbocycles. The number of hydrogen-bond acceptors (Lipinski definition) is 2. The van der Waals surface area contributed by atoms with Gasteiger partial charge in [-0.25, -0.2) is 4.39 Å². The number of rotatable bonds is 8. The summed E-state index contributed by atoms with van der Waals surface area (Å²) in [6.07, 6.45) is 1.14. The highest BCUT2D eigenvalue weighted by Crippen LogP contribution is 2.28. The normalized spacial score (nSPS) is 12.9. The molecule has 0 saturated carbocycles. The summed E-state index contributed by atoms with van der Waals surface area (Å²) in [5.74, 6) is 2.14. The van der Waals surface area contributed by atoms with Crippen molar-refractivity contribution in [2.75, 3.05) is 12.3 Å². The fourth-order valence-electron chi connectivity index (χ4n) is 1.69.